The minimum absolute atomic E-state index is 0.897. The van der Waals surface area contributed by atoms with Crippen molar-refractivity contribution in [1.82, 2.24) is 0 Å². The van der Waals surface area contributed by atoms with Gasteiger partial charge in [0.25, 0.3) is 0 Å². The highest BCUT2D eigenvalue weighted by Gasteiger charge is 2.17. The largest absolute Gasteiger partial charge is 0.456 e. The molecule has 0 aliphatic rings. The van der Waals surface area contributed by atoms with Crippen LogP contribution in [0, 0.1) is 0 Å². The van der Waals surface area contributed by atoms with Crippen LogP contribution in [0.25, 0.3) is 77.2 Å². The molecule has 10 rings (SSSR count). The number of fused-ring (bicyclic) bond motifs is 4. The van der Waals surface area contributed by atoms with E-state index in [1.807, 2.05) is 0 Å². The summed E-state index contributed by atoms with van der Waals surface area (Å²) in [6.45, 7) is 0. The molecule has 0 atom stereocenters. The third-order valence-corrected chi connectivity index (χ3v) is 10.5. The molecule has 0 aliphatic heterocycles. The second-order valence-corrected chi connectivity index (χ2v) is 13.8. The van der Waals surface area contributed by atoms with Gasteiger partial charge in [0, 0.05) is 27.8 Å². The summed E-state index contributed by atoms with van der Waals surface area (Å²) in [7, 11) is 0. The van der Waals surface area contributed by atoms with Crippen LogP contribution < -0.4 is 4.90 Å². The van der Waals surface area contributed by atoms with Crippen molar-refractivity contribution in [1.29, 1.82) is 0 Å². The molecule has 9 aromatic carbocycles. The van der Waals surface area contributed by atoms with E-state index >= 15 is 0 Å². The molecule has 1 heterocycles. The maximum atomic E-state index is 6.42. The van der Waals surface area contributed by atoms with Gasteiger partial charge < -0.3 is 9.32 Å². The van der Waals surface area contributed by atoms with Crippen molar-refractivity contribution in [2.45, 2.75) is 0 Å². The van der Waals surface area contributed by atoms with Crippen LogP contribution in [0.5, 0.6) is 0 Å². The predicted molar refractivity (Wildman–Crippen MR) is 228 cm³/mol. The molecule has 2 heteroatoms. The van der Waals surface area contributed by atoms with Crippen molar-refractivity contribution in [2.75, 3.05) is 4.90 Å². The summed E-state index contributed by atoms with van der Waals surface area (Å²) in [5.41, 5.74) is 14.5. The lowest BCUT2D eigenvalue weighted by Crippen LogP contribution is -2.10. The third-order valence-electron chi connectivity index (χ3n) is 10.5. The van der Waals surface area contributed by atoms with Gasteiger partial charge in [-0.05, 0) is 116 Å². The van der Waals surface area contributed by atoms with Gasteiger partial charge in [0.2, 0.25) is 0 Å². The summed E-state index contributed by atoms with van der Waals surface area (Å²) in [6.07, 6.45) is 0. The van der Waals surface area contributed by atoms with Gasteiger partial charge in [-0.25, -0.2) is 0 Å². The van der Waals surface area contributed by atoms with E-state index in [9.17, 15) is 0 Å². The van der Waals surface area contributed by atoms with E-state index in [0.717, 1.165) is 50.1 Å². The summed E-state index contributed by atoms with van der Waals surface area (Å²) in [5, 5.41) is 4.68. The Balaban J connectivity index is 1.07. The molecule has 1 aromatic heterocycles. The molecule has 0 bridgehead atoms. The molecule has 0 saturated carbocycles. The van der Waals surface area contributed by atoms with Crippen LogP contribution >= 0.6 is 0 Å². The average Bonchev–Trinajstić information content (AvgIpc) is 3.61. The van der Waals surface area contributed by atoms with Gasteiger partial charge in [-0.1, -0.05) is 152 Å². The second kappa shape index (κ2) is 13.4. The summed E-state index contributed by atoms with van der Waals surface area (Å²) < 4.78 is 6.42. The molecule has 0 saturated heterocycles. The molecule has 0 unspecified atom stereocenters. The normalized spacial score (nSPS) is 11.3. The predicted octanol–water partition coefficient (Wildman–Crippen LogP) is 14.9. The van der Waals surface area contributed by atoms with E-state index in [0.29, 0.717) is 0 Å². The Morgan fingerprint density at radius 2 is 0.741 bits per heavy atom. The Hall–Kier alpha value is -7.16. The first-order valence-electron chi connectivity index (χ1n) is 18.4. The summed E-state index contributed by atoms with van der Waals surface area (Å²) in [4.78, 5) is 2.35. The lowest BCUT2D eigenvalue weighted by Gasteiger charge is -2.27. The molecule has 0 spiro atoms. The SMILES string of the molecule is c1ccc(-c2ccc(N(c3ccc(-c4ccc5c(c4)oc4cc6ccccc6cc45)cc3)c3ccc(-c4ccccc4)c(-c4ccccc4)c3)cc2)cc1. The van der Waals surface area contributed by atoms with Crippen molar-refractivity contribution < 1.29 is 4.42 Å². The van der Waals surface area contributed by atoms with Crippen LogP contribution in [0.4, 0.5) is 17.1 Å². The molecule has 0 N–H and O–H groups in total. The van der Waals surface area contributed by atoms with E-state index in [4.69, 9.17) is 4.42 Å². The van der Waals surface area contributed by atoms with Crippen LogP contribution in [-0.4, -0.2) is 0 Å². The number of nitrogens with zero attached hydrogens (tertiary/aromatic N) is 1. The van der Waals surface area contributed by atoms with E-state index in [1.54, 1.807) is 0 Å². The zero-order valence-corrected chi connectivity index (χ0v) is 29.6. The van der Waals surface area contributed by atoms with E-state index in [-0.39, 0.29) is 0 Å². The van der Waals surface area contributed by atoms with Gasteiger partial charge in [0.15, 0.2) is 0 Å². The van der Waals surface area contributed by atoms with Crippen LogP contribution in [-0.2, 0) is 0 Å². The minimum atomic E-state index is 0.897. The molecule has 0 radical (unpaired) electrons. The van der Waals surface area contributed by atoms with Crippen LogP contribution in [0.2, 0.25) is 0 Å². The van der Waals surface area contributed by atoms with Crippen molar-refractivity contribution in [3.05, 3.63) is 212 Å². The summed E-state index contributed by atoms with van der Waals surface area (Å²) in [5.74, 6) is 0. The first kappa shape index (κ1) is 31.6. The van der Waals surface area contributed by atoms with E-state index < -0.39 is 0 Å². The highest BCUT2D eigenvalue weighted by atomic mass is 16.3. The van der Waals surface area contributed by atoms with Crippen LogP contribution in [0.15, 0.2) is 217 Å². The van der Waals surface area contributed by atoms with Gasteiger partial charge in [-0.2, -0.15) is 0 Å². The van der Waals surface area contributed by atoms with Crippen LogP contribution in [0.3, 0.4) is 0 Å². The smallest absolute Gasteiger partial charge is 0.136 e. The monoisotopic (exact) mass is 689 g/mol. The number of rotatable bonds is 7. The van der Waals surface area contributed by atoms with Crippen molar-refractivity contribution in [2.24, 2.45) is 0 Å². The number of hydrogen-bond acceptors (Lipinski definition) is 2. The Kier molecular flexibility index (Phi) is 7.85. The Bertz CT molecular complexity index is 2890. The molecule has 0 aliphatic carbocycles. The average molecular weight is 690 g/mol. The van der Waals surface area contributed by atoms with Crippen molar-refractivity contribution in [3.8, 4) is 44.5 Å². The Morgan fingerprint density at radius 1 is 0.278 bits per heavy atom. The summed E-state index contributed by atoms with van der Waals surface area (Å²) in [6, 6.07) is 75.9. The van der Waals surface area contributed by atoms with Gasteiger partial charge in [-0.15, -0.1) is 0 Å². The highest BCUT2D eigenvalue weighted by Crippen LogP contribution is 2.42. The molecule has 0 fully saturated rings. The Morgan fingerprint density at radius 3 is 1.37 bits per heavy atom. The standard InChI is InChI=1S/C52H35NO/c1-4-12-36(13-5-1)37-20-25-44(26-21-37)53(46-29-31-47(39-14-6-2-7-15-39)49(35-46)40-16-8-3-9-17-40)45-27-22-38(23-28-45)43-24-30-48-50-32-41-18-10-11-19-42(41)33-52(50)54-51(48)34-43/h1-35H. The number of furan rings is 1. The van der Waals surface area contributed by atoms with Gasteiger partial charge in [0.1, 0.15) is 11.2 Å². The molecule has 0 amide bonds. The first-order valence-corrected chi connectivity index (χ1v) is 18.4. The van der Waals surface area contributed by atoms with E-state index in [2.05, 4.69) is 217 Å². The van der Waals surface area contributed by atoms with Crippen molar-refractivity contribution >= 4 is 49.8 Å². The number of benzene rings is 9. The number of anilines is 3. The molecular weight excluding hydrogens is 655 g/mol. The van der Waals surface area contributed by atoms with Crippen molar-refractivity contribution in [3.63, 3.8) is 0 Å². The van der Waals surface area contributed by atoms with Gasteiger partial charge >= 0.3 is 0 Å². The quantitative estimate of drug-likeness (QED) is 0.166. The topological polar surface area (TPSA) is 16.4 Å². The fourth-order valence-corrected chi connectivity index (χ4v) is 7.72. The molecule has 10 aromatic rings. The third kappa shape index (κ3) is 5.81. The first-order chi connectivity index (χ1) is 26.7. The zero-order valence-electron chi connectivity index (χ0n) is 29.6. The number of hydrogen-bond donors (Lipinski definition) is 0. The maximum Gasteiger partial charge on any atom is 0.136 e. The Labute approximate surface area is 314 Å². The van der Waals surface area contributed by atoms with Crippen LogP contribution in [0.1, 0.15) is 0 Å². The fraction of sp³-hybridized carbons (Fsp3) is 0. The lowest BCUT2D eigenvalue weighted by molar-refractivity contribution is 0.669. The van der Waals surface area contributed by atoms with Gasteiger partial charge in [-0.3, -0.25) is 0 Å². The molecule has 54 heavy (non-hydrogen) atoms. The summed E-state index contributed by atoms with van der Waals surface area (Å²) >= 11 is 0. The van der Waals surface area contributed by atoms with E-state index in [1.165, 1.54) is 44.2 Å². The fourth-order valence-electron chi connectivity index (χ4n) is 7.72. The second-order valence-electron chi connectivity index (χ2n) is 13.8. The molecule has 254 valence electrons. The highest BCUT2D eigenvalue weighted by molar-refractivity contribution is 6.10. The minimum Gasteiger partial charge on any atom is -0.456 e. The zero-order chi connectivity index (χ0) is 35.8. The lowest BCUT2D eigenvalue weighted by atomic mass is 9.93. The molecular formula is C52H35NO. The molecule has 2 nitrogen and oxygen atoms in total. The van der Waals surface area contributed by atoms with Gasteiger partial charge in [0.05, 0.1) is 0 Å². The maximum absolute atomic E-state index is 6.42.